The number of halogens is 1. The van der Waals surface area contributed by atoms with Gasteiger partial charge in [0.25, 0.3) is 0 Å². The van der Waals surface area contributed by atoms with E-state index in [1.807, 2.05) is 19.9 Å². The molecule has 3 fully saturated rings. The minimum absolute atomic E-state index is 0.154. The number of aromatic nitrogens is 4. The highest BCUT2D eigenvalue weighted by Gasteiger charge is 2.51. The van der Waals surface area contributed by atoms with Crippen LogP contribution in [0.4, 0.5) is 23.1 Å². The van der Waals surface area contributed by atoms with E-state index in [0.29, 0.717) is 33.8 Å². The highest BCUT2D eigenvalue weighted by molar-refractivity contribution is 6.36. The molecule has 3 aliphatic rings. The average molecular weight is 560 g/mol. The molecule has 4 N–H and O–H groups in total. The number of imidazole rings is 1. The summed E-state index contributed by atoms with van der Waals surface area (Å²) in [7, 11) is 0. The van der Waals surface area contributed by atoms with Gasteiger partial charge in [-0.25, -0.2) is 4.98 Å². The fraction of sp³-hybridized carbons (Fsp3) is 0.481. The van der Waals surface area contributed by atoms with Crippen LogP contribution in [0.5, 0.6) is 0 Å². The molecule has 4 heterocycles. The van der Waals surface area contributed by atoms with Crippen LogP contribution in [-0.4, -0.2) is 68.1 Å². The highest BCUT2D eigenvalue weighted by atomic mass is 35.5. The Bertz CT molecular complexity index is 1580. The molecule has 12 nitrogen and oxygen atoms in total. The Labute approximate surface area is 236 Å². The predicted molar refractivity (Wildman–Crippen MR) is 150 cm³/mol. The lowest BCUT2D eigenvalue weighted by atomic mass is 9.70. The number of hydrogen-bond acceptors (Lipinski definition) is 10. The fourth-order valence-corrected chi connectivity index (χ4v) is 5.77. The predicted octanol–water partition coefficient (Wildman–Crippen LogP) is 3.01. The largest absolute Gasteiger partial charge is 0.370 e. The van der Waals surface area contributed by atoms with E-state index in [1.54, 1.807) is 6.07 Å². The maximum Gasteiger partial charge on any atom is 0.247 e. The van der Waals surface area contributed by atoms with Crippen LogP contribution >= 0.6 is 11.6 Å². The van der Waals surface area contributed by atoms with E-state index in [1.165, 1.54) is 10.7 Å². The third kappa shape index (κ3) is 4.53. The Kier molecular flexibility index (Phi) is 6.21. The van der Waals surface area contributed by atoms with Crippen LogP contribution in [0.2, 0.25) is 5.02 Å². The molecule has 0 bridgehead atoms. The number of primary amides is 1. The van der Waals surface area contributed by atoms with Crippen molar-refractivity contribution < 1.29 is 4.79 Å². The number of piperidine rings is 1. The summed E-state index contributed by atoms with van der Waals surface area (Å²) in [4.78, 5) is 25.2. The number of nitrogens with one attached hydrogen (secondary N) is 2. The molecule has 1 saturated carbocycles. The van der Waals surface area contributed by atoms with Gasteiger partial charge in [0.05, 0.1) is 39.8 Å². The lowest BCUT2D eigenvalue weighted by molar-refractivity contribution is -0.140. The number of benzene rings is 1. The molecule has 206 valence electrons. The molecule has 13 heteroatoms. The first-order valence-electron chi connectivity index (χ1n) is 13.4. The standard InChI is InChI=1S/C27H30ClN11O/c1-26(2,24(31)40)38-14-27(15-38)5-7-37(8-6-27)20-10-16(11-29)9-19(21(20)28)34-25-35-22(33-17-3-4-17)23-32-13-18(12-30)39(23)36-25/h9-10,13,17H,3-8,14-15H2,1-2H3,(H2,31,40)(H2,33,34,35,36). The molecule has 3 aromatic rings. The monoisotopic (exact) mass is 559 g/mol. The summed E-state index contributed by atoms with van der Waals surface area (Å²) < 4.78 is 1.45. The van der Waals surface area contributed by atoms with Crippen molar-refractivity contribution in [2.24, 2.45) is 11.1 Å². The number of hydrogen-bond donors (Lipinski definition) is 3. The van der Waals surface area contributed by atoms with Gasteiger partial charge in [0, 0.05) is 32.2 Å². The molecule has 2 saturated heterocycles. The smallest absolute Gasteiger partial charge is 0.247 e. The van der Waals surface area contributed by atoms with E-state index in [0.717, 1.165) is 57.5 Å². The van der Waals surface area contributed by atoms with Crippen molar-refractivity contribution in [1.82, 2.24) is 24.5 Å². The van der Waals surface area contributed by atoms with Gasteiger partial charge in [-0.15, -0.1) is 5.10 Å². The third-order valence-corrected chi connectivity index (χ3v) is 8.83. The second kappa shape index (κ2) is 9.51. The first-order chi connectivity index (χ1) is 19.1. The van der Waals surface area contributed by atoms with Gasteiger partial charge in [-0.05, 0) is 57.1 Å². The number of amides is 1. The first kappa shape index (κ1) is 26.1. The molecule has 1 aromatic carbocycles. The summed E-state index contributed by atoms with van der Waals surface area (Å²) >= 11 is 6.93. The van der Waals surface area contributed by atoms with Crippen molar-refractivity contribution in [3.8, 4) is 12.1 Å². The van der Waals surface area contributed by atoms with Gasteiger partial charge >= 0.3 is 0 Å². The number of carbonyl (C=O) groups excluding carboxylic acids is 1. The van der Waals surface area contributed by atoms with Gasteiger partial charge in [0.15, 0.2) is 17.2 Å². The van der Waals surface area contributed by atoms with Gasteiger partial charge < -0.3 is 21.3 Å². The minimum Gasteiger partial charge on any atom is -0.370 e. The zero-order chi connectivity index (χ0) is 28.2. The van der Waals surface area contributed by atoms with Gasteiger partial charge in [0.2, 0.25) is 11.9 Å². The number of likely N-dealkylation sites (tertiary alicyclic amines) is 1. The Morgan fingerprint density at radius 3 is 2.55 bits per heavy atom. The van der Waals surface area contributed by atoms with Gasteiger partial charge in [-0.2, -0.15) is 20.0 Å². The van der Waals surface area contributed by atoms with Gasteiger partial charge in [0.1, 0.15) is 6.07 Å². The number of anilines is 4. The van der Waals surface area contributed by atoms with Crippen LogP contribution in [0.15, 0.2) is 18.3 Å². The second-order valence-electron chi connectivity index (χ2n) is 11.6. The zero-order valence-electron chi connectivity index (χ0n) is 22.4. The third-order valence-electron chi connectivity index (χ3n) is 8.43. The molecule has 0 radical (unpaired) electrons. The van der Waals surface area contributed by atoms with Gasteiger partial charge in [-0.3, -0.25) is 9.69 Å². The SMILES string of the molecule is CC(C)(C(N)=O)N1CC2(CCN(c3cc(C#N)cc(Nc4nc(NC5CC5)c5ncc(C#N)n5n4)c3Cl)CC2)C1. The molecular weight excluding hydrogens is 530 g/mol. The molecule has 40 heavy (non-hydrogen) atoms. The Morgan fingerprint density at radius 1 is 1.20 bits per heavy atom. The molecule has 1 amide bonds. The Balaban J connectivity index is 1.24. The number of nitriles is 2. The fourth-order valence-electron chi connectivity index (χ4n) is 5.50. The molecular formula is C27H30ClN11O. The van der Waals surface area contributed by atoms with Crippen molar-refractivity contribution in [3.05, 3.63) is 34.6 Å². The number of nitrogens with zero attached hydrogens (tertiary/aromatic N) is 8. The van der Waals surface area contributed by atoms with E-state index in [9.17, 15) is 15.3 Å². The Morgan fingerprint density at radius 2 is 1.93 bits per heavy atom. The molecule has 1 aliphatic carbocycles. The zero-order valence-corrected chi connectivity index (χ0v) is 23.2. The van der Waals surface area contributed by atoms with E-state index >= 15 is 0 Å². The maximum absolute atomic E-state index is 11.9. The van der Waals surface area contributed by atoms with E-state index < -0.39 is 5.54 Å². The molecule has 1 spiro atoms. The summed E-state index contributed by atoms with van der Waals surface area (Å²) in [6.45, 7) is 6.98. The van der Waals surface area contributed by atoms with Gasteiger partial charge in [-0.1, -0.05) is 11.6 Å². The van der Waals surface area contributed by atoms with E-state index in [2.05, 4.69) is 47.6 Å². The lowest BCUT2D eigenvalue weighted by Gasteiger charge is -2.58. The molecule has 6 rings (SSSR count). The second-order valence-corrected chi connectivity index (χ2v) is 11.9. The van der Waals surface area contributed by atoms with E-state index in [-0.39, 0.29) is 23.0 Å². The van der Waals surface area contributed by atoms with Crippen molar-refractivity contribution in [2.75, 3.05) is 41.7 Å². The number of carbonyl (C=O) groups is 1. The summed E-state index contributed by atoms with van der Waals surface area (Å²) in [6.07, 6.45) is 5.44. The van der Waals surface area contributed by atoms with Crippen LogP contribution in [0.3, 0.4) is 0 Å². The van der Waals surface area contributed by atoms with Crippen LogP contribution < -0.4 is 21.3 Å². The summed E-state index contributed by atoms with van der Waals surface area (Å²) in [6, 6.07) is 8.14. The molecule has 2 aromatic heterocycles. The number of rotatable bonds is 7. The highest BCUT2D eigenvalue weighted by Crippen LogP contribution is 2.46. The molecule has 2 aliphatic heterocycles. The van der Waals surface area contributed by atoms with Crippen molar-refractivity contribution in [3.63, 3.8) is 0 Å². The lowest BCUT2D eigenvalue weighted by Crippen LogP contribution is -2.68. The molecule has 0 unspecified atom stereocenters. The Hall–Kier alpha value is -4.13. The van der Waals surface area contributed by atoms with Crippen LogP contribution in [-0.2, 0) is 4.79 Å². The van der Waals surface area contributed by atoms with Crippen LogP contribution in [0.1, 0.15) is 50.8 Å². The van der Waals surface area contributed by atoms with Crippen LogP contribution in [0.25, 0.3) is 5.65 Å². The number of nitrogens with two attached hydrogens (primary N) is 1. The van der Waals surface area contributed by atoms with Crippen molar-refractivity contribution in [2.45, 2.75) is 51.1 Å². The summed E-state index contributed by atoms with van der Waals surface area (Å²) in [5.74, 6) is 0.456. The summed E-state index contributed by atoms with van der Waals surface area (Å²) in [5.41, 5.74) is 7.60. The van der Waals surface area contributed by atoms with Crippen molar-refractivity contribution in [1.29, 1.82) is 10.5 Å². The molecule has 0 atom stereocenters. The van der Waals surface area contributed by atoms with Crippen molar-refractivity contribution >= 4 is 46.3 Å². The quantitative estimate of drug-likeness (QED) is 0.392. The number of fused-ring (bicyclic) bond motifs is 1. The average Bonchev–Trinajstić information content (AvgIpc) is 3.64. The normalized spacial score (nSPS) is 18.7. The van der Waals surface area contributed by atoms with E-state index in [4.69, 9.17) is 17.3 Å². The minimum atomic E-state index is -0.656. The first-order valence-corrected chi connectivity index (χ1v) is 13.7. The summed E-state index contributed by atoms with van der Waals surface area (Å²) in [5, 5.41) is 30.8. The van der Waals surface area contributed by atoms with Crippen LogP contribution in [0, 0.1) is 28.1 Å². The maximum atomic E-state index is 11.9. The topological polar surface area (TPSA) is 164 Å².